The monoisotopic (exact) mass is 727 g/mol. The van der Waals surface area contributed by atoms with E-state index in [1.54, 1.807) is 0 Å². The van der Waals surface area contributed by atoms with Crippen molar-refractivity contribution in [2.24, 2.45) is 0 Å². The van der Waals surface area contributed by atoms with Crippen molar-refractivity contribution in [1.82, 2.24) is 10.2 Å². The fourth-order valence-electron chi connectivity index (χ4n) is 5.74. The van der Waals surface area contributed by atoms with E-state index in [9.17, 15) is 14.4 Å². The first-order chi connectivity index (χ1) is 25.4. The number of nitrogens with zero attached hydrogens (tertiary/aromatic N) is 1. The molecule has 1 N–H and O–H groups in total. The molecule has 1 rings (SSSR count). The van der Waals surface area contributed by atoms with Gasteiger partial charge in [0.25, 0.3) is 0 Å². The largest absolute Gasteiger partial charge is 0.462 e. The van der Waals surface area contributed by atoms with Gasteiger partial charge in [-0.05, 0) is 84.1 Å². The van der Waals surface area contributed by atoms with Gasteiger partial charge in [-0.2, -0.15) is 0 Å². The molecule has 1 aliphatic heterocycles. The number of carbonyl (C=O) groups is 3. The molecule has 0 bridgehead atoms. The number of nitrogens with one attached hydrogen (secondary N) is 1. The predicted octanol–water partition coefficient (Wildman–Crippen LogP) is 10.9. The average Bonchev–Trinajstić information content (AvgIpc) is 3.12. The van der Waals surface area contributed by atoms with Crippen LogP contribution in [0, 0.1) is 0 Å². The van der Waals surface area contributed by atoms with Crippen LogP contribution in [0.25, 0.3) is 0 Å². The topological polar surface area (TPSA) is 94.2 Å². The molecule has 1 aliphatic rings. The lowest BCUT2D eigenvalue weighted by Crippen LogP contribution is -2.58. The lowest BCUT2D eigenvalue weighted by Gasteiger charge is -2.36. The smallest absolute Gasteiger partial charge is 0.407 e. The molecule has 52 heavy (non-hydrogen) atoms. The van der Waals surface area contributed by atoms with Gasteiger partial charge in [-0.3, -0.25) is 9.59 Å². The van der Waals surface area contributed by atoms with Gasteiger partial charge in [0, 0.05) is 25.9 Å². The van der Waals surface area contributed by atoms with Crippen LogP contribution in [0.4, 0.5) is 4.79 Å². The molecule has 0 radical (unpaired) electrons. The van der Waals surface area contributed by atoms with Crippen LogP contribution in [0.3, 0.4) is 0 Å². The molecule has 8 nitrogen and oxygen atoms in total. The first-order valence-corrected chi connectivity index (χ1v) is 20.7. The third kappa shape index (κ3) is 30.5. The highest BCUT2D eigenvalue weighted by atomic mass is 16.6. The van der Waals surface area contributed by atoms with Crippen LogP contribution in [0.2, 0.25) is 0 Å². The number of rotatable bonds is 33. The maximum Gasteiger partial charge on any atom is 0.407 e. The second kappa shape index (κ2) is 34.9. The number of esters is 2. The first kappa shape index (κ1) is 46.9. The molecule has 1 amide bonds. The molecule has 296 valence electrons. The van der Waals surface area contributed by atoms with Gasteiger partial charge in [-0.25, -0.2) is 4.79 Å². The van der Waals surface area contributed by atoms with E-state index in [2.05, 4.69) is 84.8 Å². The standard InChI is InChI=1S/C44H74N2O6/c1-4-6-8-10-12-14-16-18-20-22-24-26-28-30-32-34-42(47)50-38-41(52-44(49)45-40-36-46(3)37-40)39-51-43(48)35-33-31-29-27-25-23-21-19-17-15-13-11-9-7-5-2/h6,8,12-15,18-21,40-41H,4-5,7,9-11,16-17,22-39H2,1-3H3,(H,45,49)/b8-6-,14-12-,15-13-,20-18-,21-19-. The van der Waals surface area contributed by atoms with Crippen molar-refractivity contribution in [3.63, 3.8) is 0 Å². The van der Waals surface area contributed by atoms with Crippen molar-refractivity contribution in [3.8, 4) is 0 Å². The summed E-state index contributed by atoms with van der Waals surface area (Å²) in [7, 11) is 1.98. The SMILES string of the molecule is CC/C=C\C/C=C\C/C=C\CCCCCCCC(=O)OCC(COC(=O)CCCCCCC/C=C\C/C=C\CCCCC)OC(=O)NC1CN(C)C1. The van der Waals surface area contributed by atoms with Crippen LogP contribution in [0.15, 0.2) is 60.8 Å². The Hall–Kier alpha value is -3.13. The summed E-state index contributed by atoms with van der Waals surface area (Å²) in [6, 6.07) is 0.0256. The number of ether oxygens (including phenoxy) is 3. The van der Waals surface area contributed by atoms with Crippen LogP contribution >= 0.6 is 0 Å². The summed E-state index contributed by atoms with van der Waals surface area (Å²) in [6.45, 7) is 5.61. The van der Waals surface area contributed by atoms with Crippen molar-refractivity contribution >= 4 is 18.0 Å². The van der Waals surface area contributed by atoms with E-state index in [1.807, 2.05) is 7.05 Å². The van der Waals surface area contributed by atoms with Crippen molar-refractivity contribution in [1.29, 1.82) is 0 Å². The Balaban J connectivity index is 2.20. The number of hydrogen-bond acceptors (Lipinski definition) is 7. The van der Waals surface area contributed by atoms with E-state index >= 15 is 0 Å². The third-order valence-electron chi connectivity index (χ3n) is 8.88. The number of allylic oxidation sites excluding steroid dienone is 10. The first-order valence-electron chi connectivity index (χ1n) is 20.7. The van der Waals surface area contributed by atoms with Crippen molar-refractivity contribution < 1.29 is 28.6 Å². The molecule has 0 aromatic rings. The molecular weight excluding hydrogens is 652 g/mol. The number of hydrogen-bond donors (Lipinski definition) is 1. The predicted molar refractivity (Wildman–Crippen MR) is 215 cm³/mol. The Morgan fingerprint density at radius 3 is 1.48 bits per heavy atom. The maximum absolute atomic E-state index is 12.5. The Labute approximate surface area is 317 Å². The lowest BCUT2D eigenvalue weighted by atomic mass is 10.1. The number of unbranched alkanes of at least 4 members (excludes halogenated alkanes) is 13. The van der Waals surface area contributed by atoms with Gasteiger partial charge in [-0.15, -0.1) is 0 Å². The molecule has 0 aliphatic carbocycles. The van der Waals surface area contributed by atoms with E-state index in [1.165, 1.54) is 25.7 Å². The zero-order valence-corrected chi connectivity index (χ0v) is 33.2. The number of carbonyl (C=O) groups excluding carboxylic acids is 3. The lowest BCUT2D eigenvalue weighted by molar-refractivity contribution is -0.152. The zero-order chi connectivity index (χ0) is 37.7. The molecule has 0 spiro atoms. The summed E-state index contributed by atoms with van der Waals surface area (Å²) >= 11 is 0. The van der Waals surface area contributed by atoms with Crippen LogP contribution in [-0.4, -0.2) is 68.4 Å². The molecule has 0 aromatic heterocycles. The fraction of sp³-hybridized carbons (Fsp3) is 0.705. The van der Waals surface area contributed by atoms with Crippen LogP contribution in [0.1, 0.15) is 155 Å². The fourth-order valence-corrected chi connectivity index (χ4v) is 5.74. The summed E-state index contributed by atoms with van der Waals surface area (Å²) in [4.78, 5) is 39.4. The number of likely N-dealkylation sites (tertiary alicyclic amines) is 1. The molecule has 1 fully saturated rings. The van der Waals surface area contributed by atoms with Gasteiger partial charge in [0.15, 0.2) is 6.10 Å². The second-order valence-corrected chi connectivity index (χ2v) is 14.0. The van der Waals surface area contributed by atoms with Crippen molar-refractivity contribution in [3.05, 3.63) is 60.8 Å². The van der Waals surface area contributed by atoms with Gasteiger partial charge < -0.3 is 24.4 Å². The molecule has 1 heterocycles. The summed E-state index contributed by atoms with van der Waals surface area (Å²) in [5.74, 6) is -0.651. The Kier molecular flexibility index (Phi) is 31.5. The Morgan fingerprint density at radius 1 is 0.596 bits per heavy atom. The van der Waals surface area contributed by atoms with Crippen LogP contribution < -0.4 is 5.32 Å². The van der Waals surface area contributed by atoms with E-state index < -0.39 is 12.2 Å². The number of alkyl carbamates (subject to hydrolysis) is 1. The second-order valence-electron chi connectivity index (χ2n) is 14.0. The zero-order valence-electron chi connectivity index (χ0n) is 33.2. The van der Waals surface area contributed by atoms with Crippen LogP contribution in [0.5, 0.6) is 0 Å². The normalized spacial score (nSPS) is 14.6. The summed E-state index contributed by atoms with van der Waals surface area (Å²) in [5, 5.41) is 2.82. The number of amides is 1. The molecular formula is C44H74N2O6. The van der Waals surface area contributed by atoms with Gasteiger partial charge >= 0.3 is 18.0 Å². The third-order valence-corrected chi connectivity index (χ3v) is 8.88. The van der Waals surface area contributed by atoms with Gasteiger partial charge in [0.05, 0.1) is 6.04 Å². The van der Waals surface area contributed by atoms with Gasteiger partial charge in [0.2, 0.25) is 0 Å². The van der Waals surface area contributed by atoms with Crippen molar-refractivity contribution in [2.45, 2.75) is 167 Å². The summed E-state index contributed by atoms with van der Waals surface area (Å²) in [6.07, 6.45) is 43.1. The summed E-state index contributed by atoms with van der Waals surface area (Å²) < 4.78 is 16.4. The van der Waals surface area contributed by atoms with Gasteiger partial charge in [-0.1, -0.05) is 126 Å². The van der Waals surface area contributed by atoms with E-state index in [0.717, 1.165) is 116 Å². The Bertz CT molecular complexity index is 1040. The Morgan fingerprint density at radius 2 is 1.02 bits per heavy atom. The minimum absolute atomic E-state index is 0.0256. The molecule has 1 atom stereocenters. The molecule has 0 saturated carbocycles. The van der Waals surface area contributed by atoms with Crippen LogP contribution in [-0.2, 0) is 23.8 Å². The van der Waals surface area contributed by atoms with Gasteiger partial charge in [0.1, 0.15) is 13.2 Å². The number of likely N-dealkylation sites (N-methyl/N-ethyl adjacent to an activating group) is 1. The molecule has 0 aromatic carbocycles. The minimum Gasteiger partial charge on any atom is -0.462 e. The molecule has 1 unspecified atom stereocenters. The minimum atomic E-state index is -0.850. The quantitative estimate of drug-likeness (QED) is 0.0311. The van der Waals surface area contributed by atoms with E-state index in [4.69, 9.17) is 14.2 Å². The average molecular weight is 727 g/mol. The molecule has 8 heteroatoms. The highest BCUT2D eigenvalue weighted by molar-refractivity contribution is 5.70. The maximum atomic E-state index is 12.5. The van der Waals surface area contributed by atoms with E-state index in [-0.39, 0.29) is 31.2 Å². The summed E-state index contributed by atoms with van der Waals surface area (Å²) in [5.41, 5.74) is 0. The van der Waals surface area contributed by atoms with E-state index in [0.29, 0.717) is 12.8 Å². The highest BCUT2D eigenvalue weighted by Gasteiger charge is 2.27. The van der Waals surface area contributed by atoms with Crippen molar-refractivity contribution in [2.75, 3.05) is 33.4 Å². The molecule has 1 saturated heterocycles. The highest BCUT2D eigenvalue weighted by Crippen LogP contribution is 2.12.